The zero-order valence-electron chi connectivity index (χ0n) is 8.52. The first-order valence-corrected chi connectivity index (χ1v) is 6.84. The lowest BCUT2D eigenvalue weighted by atomic mass is 10.3. The van der Waals surface area contributed by atoms with Crippen molar-refractivity contribution in [3.05, 3.63) is 24.0 Å². The normalized spacial score (nSPS) is 14.1. The van der Waals surface area contributed by atoms with Crippen molar-refractivity contribution in [1.82, 2.24) is 8.96 Å². The molecule has 17 heavy (non-hydrogen) atoms. The average molecular weight is 275 g/mol. The number of rotatable bonds is 2. The number of imidazole rings is 1. The maximum atomic E-state index is 11.1. The Kier molecular flexibility index (Phi) is 2.78. The van der Waals surface area contributed by atoms with Crippen molar-refractivity contribution in [3.8, 4) is 0 Å². The van der Waals surface area contributed by atoms with Crippen LogP contribution >= 0.6 is 0 Å². The largest absolute Gasteiger partial charge is 0.768 e. The molecule has 0 bridgehead atoms. The molecule has 0 amide bonds. The number of aryl methyl sites for hydroxylation is 1. The quantitative estimate of drug-likeness (QED) is 0.620. The highest BCUT2D eigenvalue weighted by Gasteiger charge is 2.17. The summed E-state index contributed by atoms with van der Waals surface area (Å²) in [5.74, 6) is 0.0522. The number of hydrogen-bond donors (Lipinski definition) is 1. The summed E-state index contributed by atoms with van der Waals surface area (Å²) in [5, 5.41) is 0. The summed E-state index contributed by atoms with van der Waals surface area (Å²) < 4.78 is 53.3. The van der Waals surface area contributed by atoms with E-state index >= 15 is 0 Å². The van der Waals surface area contributed by atoms with Crippen molar-refractivity contribution in [2.24, 2.45) is 0 Å². The predicted molar refractivity (Wildman–Crippen MR) is 58.6 cm³/mol. The minimum absolute atomic E-state index is 0.00233. The highest BCUT2D eigenvalue weighted by atomic mass is 32.2. The van der Waals surface area contributed by atoms with E-state index in [0.29, 0.717) is 3.97 Å². The first kappa shape index (κ1) is 12.2. The van der Waals surface area contributed by atoms with Gasteiger partial charge in [0.25, 0.3) is 0 Å². The lowest BCUT2D eigenvalue weighted by Gasteiger charge is -2.05. The van der Waals surface area contributed by atoms with Gasteiger partial charge in [0.2, 0.25) is 0 Å². The highest BCUT2D eigenvalue weighted by molar-refractivity contribution is 7.84. The Balaban J connectivity index is 2.82. The maximum absolute atomic E-state index is 11.1. The van der Waals surface area contributed by atoms with Gasteiger partial charge in [-0.3, -0.25) is 8.76 Å². The molecule has 1 unspecified atom stereocenters. The van der Waals surface area contributed by atoms with Gasteiger partial charge >= 0.3 is 10.3 Å². The molecule has 0 fully saturated rings. The summed E-state index contributed by atoms with van der Waals surface area (Å²) in [4.78, 5) is 3.87. The van der Waals surface area contributed by atoms with Crippen LogP contribution in [0.3, 0.4) is 0 Å². The van der Waals surface area contributed by atoms with Crippen molar-refractivity contribution in [2.75, 3.05) is 0 Å². The topological polar surface area (TPSA) is 112 Å². The standard InChI is InChI=1S/C8H8N2O5S2/c1-5-9-7-4-6(16(11)12)2-3-8(7)10(5)17(13,14)15/h2-4H,1H3,(H,11,12)(H,13,14,15)/p-1. The molecular formula is C8H7N2O5S2-. The van der Waals surface area contributed by atoms with Gasteiger partial charge in [0.05, 0.1) is 11.0 Å². The fourth-order valence-corrected chi connectivity index (χ4v) is 2.72. The molecule has 92 valence electrons. The molecule has 0 radical (unpaired) electrons. The van der Waals surface area contributed by atoms with Crippen molar-refractivity contribution in [3.63, 3.8) is 0 Å². The molecule has 1 aromatic carbocycles. The van der Waals surface area contributed by atoms with Gasteiger partial charge in [0, 0.05) is 4.90 Å². The van der Waals surface area contributed by atoms with E-state index < -0.39 is 21.4 Å². The Morgan fingerprint density at radius 2 is 2.12 bits per heavy atom. The second kappa shape index (κ2) is 3.88. The van der Waals surface area contributed by atoms with Crippen LogP contribution in [0.5, 0.6) is 0 Å². The molecule has 7 nitrogen and oxygen atoms in total. The zero-order chi connectivity index (χ0) is 12.8. The summed E-state index contributed by atoms with van der Waals surface area (Å²) in [6.07, 6.45) is 0. The molecule has 0 spiro atoms. The Morgan fingerprint density at radius 1 is 1.47 bits per heavy atom. The van der Waals surface area contributed by atoms with Crippen LogP contribution in [-0.4, -0.2) is 30.7 Å². The monoisotopic (exact) mass is 275 g/mol. The lowest BCUT2D eigenvalue weighted by molar-refractivity contribution is 0.473. The summed E-state index contributed by atoms with van der Waals surface area (Å²) >= 11 is -2.41. The molecule has 0 aliphatic carbocycles. The number of aromatic nitrogens is 2. The van der Waals surface area contributed by atoms with E-state index in [1.165, 1.54) is 25.1 Å². The van der Waals surface area contributed by atoms with Gasteiger partial charge < -0.3 is 4.55 Å². The van der Waals surface area contributed by atoms with Crippen LogP contribution in [0, 0.1) is 6.92 Å². The molecule has 9 heteroatoms. The van der Waals surface area contributed by atoms with Crippen LogP contribution in [-0.2, 0) is 21.4 Å². The van der Waals surface area contributed by atoms with Gasteiger partial charge in [-0.15, -0.1) is 0 Å². The fraction of sp³-hybridized carbons (Fsp3) is 0.125. The number of fused-ring (bicyclic) bond motifs is 1. The predicted octanol–water partition coefficient (Wildman–Crippen LogP) is 0.234. The van der Waals surface area contributed by atoms with E-state index in [1.807, 2.05) is 0 Å². The Hall–Kier alpha value is -1.29. The van der Waals surface area contributed by atoms with Gasteiger partial charge in [0.15, 0.2) is 0 Å². The van der Waals surface area contributed by atoms with Gasteiger partial charge in [-0.1, -0.05) is 0 Å². The third-order valence-electron chi connectivity index (χ3n) is 2.17. The van der Waals surface area contributed by atoms with Crippen LogP contribution < -0.4 is 0 Å². The second-order valence-corrected chi connectivity index (χ2v) is 5.49. The smallest absolute Gasteiger partial charge is 0.365 e. The first-order chi connectivity index (χ1) is 7.80. The van der Waals surface area contributed by atoms with Crippen LogP contribution in [0.15, 0.2) is 23.1 Å². The summed E-state index contributed by atoms with van der Waals surface area (Å²) in [6, 6.07) is 3.73. The Morgan fingerprint density at radius 3 is 2.65 bits per heavy atom. The van der Waals surface area contributed by atoms with Gasteiger partial charge in [0.1, 0.15) is 5.82 Å². The SMILES string of the molecule is Cc1nc2cc(S(=O)[O-])ccc2n1S(=O)(=O)O. The van der Waals surface area contributed by atoms with Crippen LogP contribution in [0.2, 0.25) is 0 Å². The molecule has 1 N–H and O–H groups in total. The second-order valence-electron chi connectivity index (χ2n) is 3.29. The fourth-order valence-electron chi connectivity index (χ4n) is 1.55. The number of nitrogens with zero attached hydrogens (tertiary/aromatic N) is 2. The maximum Gasteiger partial charge on any atom is 0.365 e. The molecule has 1 aromatic heterocycles. The molecule has 0 aliphatic heterocycles. The van der Waals surface area contributed by atoms with Gasteiger partial charge in [-0.2, -0.15) is 8.42 Å². The molecule has 1 heterocycles. The summed E-state index contributed by atoms with van der Waals surface area (Å²) in [6.45, 7) is 1.39. The van der Waals surface area contributed by atoms with Crippen LogP contribution in [0.4, 0.5) is 0 Å². The van der Waals surface area contributed by atoms with Crippen molar-refractivity contribution in [1.29, 1.82) is 0 Å². The molecule has 2 aromatic rings. The molecular weight excluding hydrogens is 268 g/mol. The summed E-state index contributed by atoms with van der Waals surface area (Å²) in [7, 11) is -4.45. The van der Waals surface area contributed by atoms with E-state index in [-0.39, 0.29) is 21.8 Å². The zero-order valence-corrected chi connectivity index (χ0v) is 10.2. The summed E-state index contributed by atoms with van der Waals surface area (Å²) in [5.41, 5.74) is 0.307. The van der Waals surface area contributed by atoms with E-state index in [9.17, 15) is 17.2 Å². The number of hydrogen-bond acceptors (Lipinski definition) is 5. The Bertz CT molecular complexity index is 719. The molecule has 0 aliphatic rings. The Labute approximate surface area is 99.3 Å². The molecule has 0 saturated heterocycles. The third-order valence-corrected chi connectivity index (χ3v) is 3.73. The first-order valence-electron chi connectivity index (χ1n) is 4.37. The van der Waals surface area contributed by atoms with Crippen LogP contribution in [0.25, 0.3) is 11.0 Å². The van der Waals surface area contributed by atoms with Crippen molar-refractivity contribution < 1.29 is 21.7 Å². The van der Waals surface area contributed by atoms with E-state index in [0.717, 1.165) is 0 Å². The molecule has 2 rings (SSSR count). The number of benzene rings is 1. The van der Waals surface area contributed by atoms with E-state index in [4.69, 9.17) is 4.55 Å². The minimum Gasteiger partial charge on any atom is -0.768 e. The third kappa shape index (κ3) is 2.09. The van der Waals surface area contributed by atoms with E-state index in [1.54, 1.807) is 0 Å². The van der Waals surface area contributed by atoms with Crippen molar-refractivity contribution in [2.45, 2.75) is 11.8 Å². The minimum atomic E-state index is -4.45. The van der Waals surface area contributed by atoms with Crippen molar-refractivity contribution >= 4 is 32.4 Å². The highest BCUT2D eigenvalue weighted by Crippen LogP contribution is 2.20. The van der Waals surface area contributed by atoms with Gasteiger partial charge in [-0.05, 0) is 36.2 Å². The van der Waals surface area contributed by atoms with Gasteiger partial charge in [-0.25, -0.2) is 8.96 Å². The molecule has 1 atom stereocenters. The lowest BCUT2D eigenvalue weighted by Crippen LogP contribution is -2.12. The average Bonchev–Trinajstić information content (AvgIpc) is 2.51. The van der Waals surface area contributed by atoms with Crippen LogP contribution in [0.1, 0.15) is 5.82 Å². The van der Waals surface area contributed by atoms with E-state index in [2.05, 4.69) is 4.98 Å². The molecule has 0 saturated carbocycles.